The summed E-state index contributed by atoms with van der Waals surface area (Å²) >= 11 is 0. The van der Waals surface area contributed by atoms with Gasteiger partial charge in [-0.25, -0.2) is 4.98 Å². The summed E-state index contributed by atoms with van der Waals surface area (Å²) in [5.74, 6) is 1.48. The van der Waals surface area contributed by atoms with E-state index in [4.69, 9.17) is 9.15 Å². The number of aldehydes is 1. The lowest BCUT2D eigenvalue weighted by molar-refractivity contribution is 0.110. The van der Waals surface area contributed by atoms with Crippen LogP contribution in [-0.4, -0.2) is 18.4 Å². The van der Waals surface area contributed by atoms with Gasteiger partial charge in [-0.2, -0.15) is 0 Å². The number of nitrogens with zero attached hydrogens (tertiary/aromatic N) is 1. The second-order valence-corrected chi connectivity index (χ2v) is 3.32. The maximum atomic E-state index is 10.6. The number of oxazole rings is 1. The zero-order valence-electron chi connectivity index (χ0n) is 9.06. The van der Waals surface area contributed by atoms with Crippen molar-refractivity contribution in [3.63, 3.8) is 0 Å². The van der Waals surface area contributed by atoms with Gasteiger partial charge in [0.25, 0.3) is 0 Å². The Morgan fingerprint density at radius 3 is 2.50 bits per heavy atom. The Kier molecular flexibility index (Phi) is 2.72. The SMILES string of the molecule is COc1ccc(-c2nc(C)c(C=O)o2)cc1. The lowest BCUT2D eigenvalue weighted by Gasteiger charge is -1.99. The van der Waals surface area contributed by atoms with Gasteiger partial charge in [-0.05, 0) is 31.2 Å². The molecule has 1 heterocycles. The first-order valence-electron chi connectivity index (χ1n) is 4.81. The Morgan fingerprint density at radius 1 is 1.31 bits per heavy atom. The molecule has 0 aliphatic rings. The van der Waals surface area contributed by atoms with Gasteiger partial charge in [-0.1, -0.05) is 0 Å². The fourth-order valence-corrected chi connectivity index (χ4v) is 1.37. The Bertz CT molecular complexity index is 499. The second kappa shape index (κ2) is 4.18. The van der Waals surface area contributed by atoms with Crippen molar-refractivity contribution in [2.75, 3.05) is 7.11 Å². The molecule has 0 aliphatic heterocycles. The molecule has 16 heavy (non-hydrogen) atoms. The lowest BCUT2D eigenvalue weighted by Crippen LogP contribution is -1.82. The number of carbonyl (C=O) groups is 1. The minimum absolute atomic E-state index is 0.269. The van der Waals surface area contributed by atoms with E-state index in [9.17, 15) is 4.79 Å². The average Bonchev–Trinajstić information content (AvgIpc) is 2.71. The Hall–Kier alpha value is -2.10. The molecule has 4 nitrogen and oxygen atoms in total. The van der Waals surface area contributed by atoms with Crippen molar-refractivity contribution in [2.45, 2.75) is 6.92 Å². The molecule has 0 unspecified atom stereocenters. The van der Waals surface area contributed by atoms with Crippen molar-refractivity contribution >= 4 is 6.29 Å². The molecule has 0 atom stereocenters. The summed E-state index contributed by atoms with van der Waals surface area (Å²) in [5.41, 5.74) is 1.41. The third-order valence-electron chi connectivity index (χ3n) is 2.28. The molecule has 0 aliphatic carbocycles. The summed E-state index contributed by atoms with van der Waals surface area (Å²) in [6.45, 7) is 1.74. The summed E-state index contributed by atoms with van der Waals surface area (Å²) in [5, 5.41) is 0. The van der Waals surface area contributed by atoms with Gasteiger partial charge >= 0.3 is 0 Å². The van der Waals surface area contributed by atoms with Gasteiger partial charge in [0.15, 0.2) is 12.0 Å². The van der Waals surface area contributed by atoms with Gasteiger partial charge in [0.2, 0.25) is 5.89 Å². The van der Waals surface area contributed by atoms with Crippen molar-refractivity contribution < 1.29 is 13.9 Å². The molecular formula is C12H11NO3. The fourth-order valence-electron chi connectivity index (χ4n) is 1.37. The maximum Gasteiger partial charge on any atom is 0.227 e. The number of aromatic nitrogens is 1. The van der Waals surface area contributed by atoms with E-state index in [-0.39, 0.29) is 5.76 Å². The first-order valence-corrected chi connectivity index (χ1v) is 4.81. The van der Waals surface area contributed by atoms with Gasteiger partial charge in [-0.3, -0.25) is 4.79 Å². The van der Waals surface area contributed by atoms with E-state index in [0.29, 0.717) is 17.9 Å². The molecule has 0 spiro atoms. The molecule has 1 aromatic carbocycles. The predicted molar refractivity (Wildman–Crippen MR) is 58.6 cm³/mol. The average molecular weight is 217 g/mol. The van der Waals surface area contributed by atoms with Crippen LogP contribution in [0, 0.1) is 6.92 Å². The van der Waals surface area contributed by atoms with Crippen LogP contribution in [0.1, 0.15) is 16.2 Å². The van der Waals surface area contributed by atoms with Crippen LogP contribution in [0.5, 0.6) is 5.75 Å². The normalized spacial score (nSPS) is 10.1. The van der Waals surface area contributed by atoms with Crippen LogP contribution in [0.2, 0.25) is 0 Å². The summed E-state index contributed by atoms with van der Waals surface area (Å²) in [7, 11) is 1.61. The van der Waals surface area contributed by atoms with Crippen LogP contribution < -0.4 is 4.74 Å². The van der Waals surface area contributed by atoms with Crippen LogP contribution in [0.3, 0.4) is 0 Å². The number of rotatable bonds is 3. The Balaban J connectivity index is 2.38. The van der Waals surface area contributed by atoms with E-state index in [1.807, 2.05) is 24.3 Å². The molecule has 0 N–H and O–H groups in total. The van der Waals surface area contributed by atoms with Crippen LogP contribution in [0.25, 0.3) is 11.5 Å². The molecule has 0 saturated heterocycles. The number of hydrogen-bond acceptors (Lipinski definition) is 4. The first kappa shape index (κ1) is 10.4. The monoisotopic (exact) mass is 217 g/mol. The van der Waals surface area contributed by atoms with Crippen molar-refractivity contribution in [3.05, 3.63) is 35.7 Å². The van der Waals surface area contributed by atoms with Crippen molar-refractivity contribution in [2.24, 2.45) is 0 Å². The zero-order valence-corrected chi connectivity index (χ0v) is 9.06. The Morgan fingerprint density at radius 2 is 2.00 bits per heavy atom. The summed E-state index contributed by atoms with van der Waals surface area (Å²) in [4.78, 5) is 14.8. The van der Waals surface area contributed by atoms with Crippen molar-refractivity contribution in [1.29, 1.82) is 0 Å². The number of carbonyl (C=O) groups excluding carboxylic acids is 1. The minimum Gasteiger partial charge on any atom is -0.497 e. The van der Waals surface area contributed by atoms with E-state index < -0.39 is 0 Å². The van der Waals surface area contributed by atoms with Gasteiger partial charge < -0.3 is 9.15 Å². The molecular weight excluding hydrogens is 206 g/mol. The summed E-state index contributed by atoms with van der Waals surface area (Å²) < 4.78 is 10.4. The summed E-state index contributed by atoms with van der Waals surface area (Å²) in [6, 6.07) is 7.29. The first-order chi connectivity index (χ1) is 7.74. The van der Waals surface area contributed by atoms with E-state index in [2.05, 4.69) is 4.98 Å². The van der Waals surface area contributed by atoms with E-state index in [1.165, 1.54) is 0 Å². The van der Waals surface area contributed by atoms with E-state index >= 15 is 0 Å². The quantitative estimate of drug-likeness (QED) is 0.741. The number of ether oxygens (including phenoxy) is 1. The standard InChI is InChI=1S/C12H11NO3/c1-8-11(7-14)16-12(13-8)9-3-5-10(15-2)6-4-9/h3-7H,1-2H3. The third kappa shape index (κ3) is 1.82. The molecule has 0 amide bonds. The van der Waals surface area contributed by atoms with Crippen LogP contribution in [0.4, 0.5) is 0 Å². The molecule has 0 fully saturated rings. The molecule has 0 saturated carbocycles. The smallest absolute Gasteiger partial charge is 0.227 e. The van der Waals surface area contributed by atoms with Gasteiger partial charge in [0, 0.05) is 5.56 Å². The lowest BCUT2D eigenvalue weighted by atomic mass is 10.2. The van der Waals surface area contributed by atoms with Crippen LogP contribution >= 0.6 is 0 Å². The number of hydrogen-bond donors (Lipinski definition) is 0. The molecule has 2 rings (SSSR count). The number of benzene rings is 1. The van der Waals surface area contributed by atoms with Gasteiger partial charge in [-0.15, -0.1) is 0 Å². The van der Waals surface area contributed by atoms with Gasteiger partial charge in [0.05, 0.1) is 12.8 Å². The molecule has 1 aromatic heterocycles. The Labute approximate surface area is 92.9 Å². The van der Waals surface area contributed by atoms with Gasteiger partial charge in [0.1, 0.15) is 5.75 Å². The molecule has 0 radical (unpaired) electrons. The second-order valence-electron chi connectivity index (χ2n) is 3.32. The highest BCUT2D eigenvalue weighted by atomic mass is 16.5. The molecule has 82 valence electrons. The largest absolute Gasteiger partial charge is 0.497 e. The van der Waals surface area contributed by atoms with Crippen molar-refractivity contribution in [3.8, 4) is 17.2 Å². The van der Waals surface area contributed by atoms with E-state index in [1.54, 1.807) is 14.0 Å². The fraction of sp³-hybridized carbons (Fsp3) is 0.167. The number of aryl methyl sites for hydroxylation is 1. The predicted octanol–water partition coefficient (Wildman–Crippen LogP) is 2.47. The highest BCUT2D eigenvalue weighted by molar-refractivity contribution is 5.73. The summed E-state index contributed by atoms with van der Waals surface area (Å²) in [6.07, 6.45) is 0.662. The zero-order chi connectivity index (χ0) is 11.5. The highest BCUT2D eigenvalue weighted by Gasteiger charge is 2.10. The van der Waals surface area contributed by atoms with Crippen LogP contribution in [0.15, 0.2) is 28.7 Å². The molecule has 4 heteroatoms. The molecule has 0 bridgehead atoms. The molecule has 2 aromatic rings. The highest BCUT2D eigenvalue weighted by Crippen LogP contribution is 2.23. The van der Waals surface area contributed by atoms with E-state index in [0.717, 1.165) is 11.3 Å². The topological polar surface area (TPSA) is 52.3 Å². The van der Waals surface area contributed by atoms with Crippen LogP contribution in [-0.2, 0) is 0 Å². The third-order valence-corrected chi connectivity index (χ3v) is 2.28. The minimum atomic E-state index is 0.269. The van der Waals surface area contributed by atoms with Crippen molar-refractivity contribution in [1.82, 2.24) is 4.98 Å². The maximum absolute atomic E-state index is 10.6. The number of methoxy groups -OCH3 is 1.